The fourth-order valence-corrected chi connectivity index (χ4v) is 4.06. The number of nitrogens with one attached hydrogen (secondary N) is 1. The van der Waals surface area contributed by atoms with E-state index >= 15 is 0 Å². The molecule has 0 radical (unpaired) electrons. The van der Waals surface area contributed by atoms with Gasteiger partial charge in [-0.05, 0) is 68.7 Å². The fraction of sp³-hybridized carbons (Fsp3) is 0.350. The molecule has 4 nitrogen and oxygen atoms in total. The summed E-state index contributed by atoms with van der Waals surface area (Å²) >= 11 is 0. The van der Waals surface area contributed by atoms with Crippen molar-refractivity contribution in [1.29, 1.82) is 0 Å². The van der Waals surface area contributed by atoms with Gasteiger partial charge in [0.25, 0.3) is 0 Å². The zero-order chi connectivity index (χ0) is 20.9. The molecule has 2 unspecified atom stereocenters. The van der Waals surface area contributed by atoms with E-state index in [4.69, 9.17) is 0 Å². The Hall–Kier alpha value is -2.35. The molecule has 0 saturated carbocycles. The Balaban J connectivity index is 1.87. The lowest BCUT2D eigenvalue weighted by molar-refractivity contribution is -0.121. The van der Waals surface area contributed by atoms with E-state index in [0.717, 1.165) is 24.3 Å². The molecular weight excluding hydrogens is 391 g/mol. The number of sulfone groups is 1. The van der Waals surface area contributed by atoms with Gasteiger partial charge in [-0.1, -0.05) is 6.07 Å². The van der Waals surface area contributed by atoms with Crippen LogP contribution in [0.4, 0.5) is 13.2 Å². The normalized spacial score (nSPS) is 13.8. The first-order valence-corrected chi connectivity index (χ1v) is 10.4. The number of aryl methyl sites for hydroxylation is 1. The highest BCUT2D eigenvalue weighted by Crippen LogP contribution is 2.19. The lowest BCUT2D eigenvalue weighted by Gasteiger charge is -2.17. The van der Waals surface area contributed by atoms with E-state index in [1.807, 2.05) is 0 Å². The van der Waals surface area contributed by atoms with Gasteiger partial charge in [0, 0.05) is 12.5 Å². The number of rotatable bonds is 8. The smallest absolute Gasteiger partial charge is 0.221 e. The van der Waals surface area contributed by atoms with Crippen LogP contribution >= 0.6 is 0 Å². The van der Waals surface area contributed by atoms with Crippen LogP contribution in [0.2, 0.25) is 0 Å². The van der Waals surface area contributed by atoms with E-state index in [1.165, 1.54) is 25.1 Å². The van der Waals surface area contributed by atoms with Gasteiger partial charge >= 0.3 is 0 Å². The molecule has 0 aliphatic heterocycles. The van der Waals surface area contributed by atoms with E-state index in [-0.39, 0.29) is 17.4 Å². The van der Waals surface area contributed by atoms with Gasteiger partial charge < -0.3 is 5.32 Å². The van der Waals surface area contributed by atoms with Crippen LogP contribution in [-0.4, -0.2) is 25.6 Å². The summed E-state index contributed by atoms with van der Waals surface area (Å²) in [5.41, 5.74) is 0.604. The van der Waals surface area contributed by atoms with E-state index < -0.39 is 38.4 Å². The summed E-state index contributed by atoms with van der Waals surface area (Å²) in [6.45, 7) is 3.17. The van der Waals surface area contributed by atoms with E-state index in [2.05, 4.69) is 5.32 Å². The largest absolute Gasteiger partial charge is 0.354 e. The summed E-state index contributed by atoms with van der Waals surface area (Å²) in [6.07, 6.45) is 0.674. The van der Waals surface area contributed by atoms with Crippen molar-refractivity contribution >= 4 is 15.7 Å². The van der Waals surface area contributed by atoms with Crippen molar-refractivity contribution in [3.63, 3.8) is 0 Å². The topological polar surface area (TPSA) is 63.2 Å². The molecule has 0 bridgehead atoms. The zero-order valence-corrected chi connectivity index (χ0v) is 16.4. The zero-order valence-electron chi connectivity index (χ0n) is 15.6. The van der Waals surface area contributed by atoms with Crippen LogP contribution in [0.5, 0.6) is 0 Å². The van der Waals surface area contributed by atoms with Crippen LogP contribution in [0, 0.1) is 17.5 Å². The van der Waals surface area contributed by atoms with Crippen LogP contribution in [-0.2, 0) is 21.1 Å². The third-order valence-electron chi connectivity index (χ3n) is 4.40. The summed E-state index contributed by atoms with van der Waals surface area (Å²) in [7, 11) is -3.76. The van der Waals surface area contributed by atoms with Gasteiger partial charge in [0.2, 0.25) is 5.91 Å². The second-order valence-corrected chi connectivity index (χ2v) is 9.14. The number of amides is 1. The minimum absolute atomic E-state index is 0.0411. The molecule has 2 aromatic rings. The average molecular weight is 413 g/mol. The van der Waals surface area contributed by atoms with Crippen LogP contribution in [0.3, 0.4) is 0 Å². The first-order valence-electron chi connectivity index (χ1n) is 8.82. The molecule has 8 heteroatoms. The Labute approximate surface area is 162 Å². The number of benzene rings is 2. The predicted octanol–water partition coefficient (Wildman–Crippen LogP) is 3.79. The third-order valence-corrected chi connectivity index (χ3v) is 6.56. The highest BCUT2D eigenvalue weighted by molar-refractivity contribution is 7.92. The summed E-state index contributed by atoms with van der Waals surface area (Å²) < 4.78 is 64.0. The standard InChI is InChI=1S/C20H22F3NO3S/c1-13(3-4-15-5-10-18(22)19(23)12-15)24-20(25)11-14(2)28(26,27)17-8-6-16(21)7-9-17/h5-10,12-14H,3-4,11H2,1-2H3,(H,24,25). The van der Waals surface area contributed by atoms with Gasteiger partial charge in [0.15, 0.2) is 21.5 Å². The molecule has 2 atom stereocenters. The van der Waals surface area contributed by atoms with E-state index in [9.17, 15) is 26.4 Å². The van der Waals surface area contributed by atoms with E-state index in [0.29, 0.717) is 18.4 Å². The maximum atomic E-state index is 13.2. The van der Waals surface area contributed by atoms with Crippen molar-refractivity contribution in [2.45, 2.75) is 49.3 Å². The van der Waals surface area contributed by atoms with Gasteiger partial charge in [-0.15, -0.1) is 0 Å². The molecule has 0 aliphatic carbocycles. The van der Waals surface area contributed by atoms with Gasteiger partial charge in [-0.2, -0.15) is 0 Å². The molecule has 0 saturated heterocycles. The first-order chi connectivity index (χ1) is 13.1. The molecule has 0 spiro atoms. The van der Waals surface area contributed by atoms with Crippen molar-refractivity contribution < 1.29 is 26.4 Å². The average Bonchev–Trinajstić information content (AvgIpc) is 2.63. The summed E-state index contributed by atoms with van der Waals surface area (Å²) in [5.74, 6) is -2.81. The predicted molar refractivity (Wildman–Crippen MR) is 99.9 cm³/mol. The highest BCUT2D eigenvalue weighted by Gasteiger charge is 2.26. The van der Waals surface area contributed by atoms with Gasteiger partial charge in [0.1, 0.15) is 5.82 Å². The van der Waals surface area contributed by atoms with Gasteiger partial charge in [0.05, 0.1) is 10.1 Å². The van der Waals surface area contributed by atoms with Crippen molar-refractivity contribution in [2.24, 2.45) is 0 Å². The summed E-state index contributed by atoms with van der Waals surface area (Å²) in [6, 6.07) is 7.82. The Morgan fingerprint density at radius 3 is 2.25 bits per heavy atom. The molecule has 2 aromatic carbocycles. The first kappa shape index (κ1) is 21.9. The highest BCUT2D eigenvalue weighted by atomic mass is 32.2. The van der Waals surface area contributed by atoms with Crippen molar-refractivity contribution in [3.8, 4) is 0 Å². The second kappa shape index (κ2) is 9.23. The van der Waals surface area contributed by atoms with Gasteiger partial charge in [-0.25, -0.2) is 21.6 Å². The molecule has 28 heavy (non-hydrogen) atoms. The van der Waals surface area contributed by atoms with E-state index in [1.54, 1.807) is 6.92 Å². The maximum Gasteiger partial charge on any atom is 0.221 e. The lowest BCUT2D eigenvalue weighted by atomic mass is 10.1. The van der Waals surface area contributed by atoms with Gasteiger partial charge in [-0.3, -0.25) is 4.79 Å². The van der Waals surface area contributed by atoms with Crippen molar-refractivity contribution in [3.05, 3.63) is 65.5 Å². The van der Waals surface area contributed by atoms with Crippen LogP contribution in [0.25, 0.3) is 0 Å². The fourth-order valence-electron chi connectivity index (χ4n) is 2.71. The Morgan fingerprint density at radius 1 is 1.00 bits per heavy atom. The number of hydrogen-bond acceptors (Lipinski definition) is 3. The lowest BCUT2D eigenvalue weighted by Crippen LogP contribution is -2.36. The molecule has 0 aromatic heterocycles. The SMILES string of the molecule is CC(CCc1ccc(F)c(F)c1)NC(=O)CC(C)S(=O)(=O)c1ccc(F)cc1. The molecule has 1 amide bonds. The number of hydrogen-bond donors (Lipinski definition) is 1. The number of carbonyl (C=O) groups excluding carboxylic acids is 1. The number of carbonyl (C=O) groups is 1. The molecule has 0 aliphatic rings. The quantitative estimate of drug-likeness (QED) is 0.670. The Morgan fingerprint density at radius 2 is 1.64 bits per heavy atom. The monoisotopic (exact) mass is 413 g/mol. The van der Waals surface area contributed by atoms with Crippen LogP contribution < -0.4 is 5.32 Å². The number of halogens is 3. The summed E-state index contributed by atoms with van der Waals surface area (Å²) in [4.78, 5) is 12.1. The van der Waals surface area contributed by atoms with Crippen LogP contribution in [0.1, 0.15) is 32.3 Å². The molecule has 152 valence electrons. The molecule has 0 fully saturated rings. The van der Waals surface area contributed by atoms with Crippen molar-refractivity contribution in [2.75, 3.05) is 0 Å². The minimum Gasteiger partial charge on any atom is -0.354 e. The molecule has 2 rings (SSSR count). The molecular formula is C20H22F3NO3S. The molecule has 0 heterocycles. The second-order valence-electron chi connectivity index (χ2n) is 6.77. The third kappa shape index (κ3) is 5.82. The van der Waals surface area contributed by atoms with Crippen molar-refractivity contribution in [1.82, 2.24) is 5.32 Å². The summed E-state index contributed by atoms with van der Waals surface area (Å²) in [5, 5.41) is 1.73. The Kier molecular flexibility index (Phi) is 7.23. The minimum atomic E-state index is -3.76. The maximum absolute atomic E-state index is 13.2. The van der Waals surface area contributed by atoms with Crippen LogP contribution in [0.15, 0.2) is 47.4 Å². The molecule has 1 N–H and O–H groups in total. The Bertz CT molecular complexity index is 930.